The van der Waals surface area contributed by atoms with Gasteiger partial charge in [0.2, 0.25) is 5.91 Å². The number of alkyl halides is 1. The first-order valence-electron chi connectivity index (χ1n) is 12.0. The number of phenolic OH excluding ortho intramolecular Hbond substituents is 1. The number of hydrogen-bond donors (Lipinski definition) is 1. The molecule has 1 saturated heterocycles. The zero-order valence-electron chi connectivity index (χ0n) is 20.2. The highest BCUT2D eigenvalue weighted by Gasteiger charge is 2.47. The number of benzene rings is 1. The lowest BCUT2D eigenvalue weighted by molar-refractivity contribution is -0.128. The van der Waals surface area contributed by atoms with Crippen molar-refractivity contribution in [1.29, 1.82) is 0 Å². The lowest BCUT2D eigenvalue weighted by Gasteiger charge is -2.47. The first-order chi connectivity index (χ1) is 18.1. The lowest BCUT2D eigenvalue weighted by Crippen LogP contribution is -2.63. The number of aromatic nitrogens is 2. The predicted molar refractivity (Wildman–Crippen MR) is 138 cm³/mol. The maximum atomic E-state index is 14.8. The summed E-state index contributed by atoms with van der Waals surface area (Å²) in [5.74, 6) is -1.86. The van der Waals surface area contributed by atoms with Gasteiger partial charge in [-0.3, -0.25) is 19.0 Å². The van der Waals surface area contributed by atoms with E-state index in [-0.39, 0.29) is 65.5 Å². The number of phenols is 1. The highest BCUT2D eigenvalue weighted by molar-refractivity contribution is 6.34. The minimum Gasteiger partial charge on any atom is -0.507 e. The number of nitrogens with zero attached hydrogens (tertiary/aromatic N) is 5. The van der Waals surface area contributed by atoms with Crippen molar-refractivity contribution in [1.82, 2.24) is 14.5 Å². The fraction of sp³-hybridized carbons (Fsp3) is 0.308. The standard InChI is InChI=1S/C26H22ClF2N5O4/c1-3-19(36)32-7-8-33-17(11-32)25(37)31(2)23-22(33)12-9-13(27)21(20-14(28)5-4-6-18(20)35)30-24(12)34(26(23)38)16-10-15(16)29/h3-6,9,15-17,35H,1,7-8,10-11H2,2H3/t15-,16+,17+/m0/s1. The van der Waals surface area contributed by atoms with Crippen LogP contribution in [0.3, 0.4) is 0 Å². The molecule has 3 aliphatic rings. The average molecular weight is 542 g/mol. The largest absolute Gasteiger partial charge is 0.507 e. The molecule has 0 unspecified atom stereocenters. The summed E-state index contributed by atoms with van der Waals surface area (Å²) in [5, 5.41) is 10.7. The molecule has 2 aliphatic heterocycles. The summed E-state index contributed by atoms with van der Waals surface area (Å²) in [6.07, 6.45) is -0.0234. The number of pyridine rings is 2. The molecule has 2 aromatic heterocycles. The number of amides is 2. The molecule has 196 valence electrons. The van der Waals surface area contributed by atoms with E-state index in [0.29, 0.717) is 11.1 Å². The summed E-state index contributed by atoms with van der Waals surface area (Å²) in [4.78, 5) is 48.6. The second kappa shape index (κ2) is 8.52. The summed E-state index contributed by atoms with van der Waals surface area (Å²) in [6, 6.07) is 3.66. The second-order valence-electron chi connectivity index (χ2n) is 9.61. The molecule has 3 aromatic rings. The summed E-state index contributed by atoms with van der Waals surface area (Å²) in [7, 11) is 1.46. The van der Waals surface area contributed by atoms with E-state index in [1.54, 1.807) is 4.90 Å². The van der Waals surface area contributed by atoms with Crippen LogP contribution in [0.25, 0.3) is 22.3 Å². The summed E-state index contributed by atoms with van der Waals surface area (Å²) >= 11 is 6.60. The number of anilines is 2. The van der Waals surface area contributed by atoms with Gasteiger partial charge in [-0.1, -0.05) is 24.2 Å². The third-order valence-electron chi connectivity index (χ3n) is 7.43. The Morgan fingerprint density at radius 2 is 2.00 bits per heavy atom. The number of rotatable bonds is 3. The topological polar surface area (TPSA) is 99.0 Å². The number of carbonyl (C=O) groups is 2. The molecule has 0 bridgehead atoms. The van der Waals surface area contributed by atoms with E-state index in [0.717, 1.165) is 6.07 Å². The first kappa shape index (κ1) is 24.4. The van der Waals surface area contributed by atoms with Gasteiger partial charge < -0.3 is 19.8 Å². The molecule has 3 atom stereocenters. The van der Waals surface area contributed by atoms with Gasteiger partial charge in [-0.2, -0.15) is 0 Å². The van der Waals surface area contributed by atoms with E-state index >= 15 is 0 Å². The van der Waals surface area contributed by atoms with Crippen LogP contribution in [-0.2, 0) is 9.59 Å². The number of halogens is 3. The van der Waals surface area contributed by atoms with Gasteiger partial charge in [0.25, 0.3) is 11.5 Å². The number of piperazine rings is 1. The van der Waals surface area contributed by atoms with E-state index in [2.05, 4.69) is 11.6 Å². The molecule has 1 N–H and O–H groups in total. The molecule has 9 nitrogen and oxygen atoms in total. The van der Waals surface area contributed by atoms with Crippen molar-refractivity contribution in [2.24, 2.45) is 0 Å². The predicted octanol–water partition coefficient (Wildman–Crippen LogP) is 3.02. The van der Waals surface area contributed by atoms with Crippen molar-refractivity contribution in [2.45, 2.75) is 24.7 Å². The van der Waals surface area contributed by atoms with Crippen LogP contribution in [0.15, 0.2) is 41.7 Å². The highest BCUT2D eigenvalue weighted by Crippen LogP contribution is 2.47. The molecule has 0 spiro atoms. The van der Waals surface area contributed by atoms with Gasteiger partial charge in [-0.15, -0.1) is 0 Å². The van der Waals surface area contributed by atoms with E-state index in [4.69, 9.17) is 11.6 Å². The van der Waals surface area contributed by atoms with Crippen LogP contribution in [0.1, 0.15) is 12.5 Å². The lowest BCUT2D eigenvalue weighted by atomic mass is 10.0. The quantitative estimate of drug-likeness (QED) is 0.512. The molecular formula is C26H22ClF2N5O4. The maximum Gasteiger partial charge on any atom is 0.278 e. The van der Waals surface area contributed by atoms with Gasteiger partial charge in [-0.25, -0.2) is 13.8 Å². The summed E-state index contributed by atoms with van der Waals surface area (Å²) < 4.78 is 30.3. The zero-order chi connectivity index (χ0) is 27.0. The molecule has 2 amide bonds. The Kier molecular flexibility index (Phi) is 5.46. The Balaban J connectivity index is 1.64. The van der Waals surface area contributed by atoms with E-state index in [9.17, 15) is 28.3 Å². The zero-order valence-corrected chi connectivity index (χ0v) is 21.0. The Morgan fingerprint density at radius 1 is 1.26 bits per heavy atom. The monoisotopic (exact) mass is 541 g/mol. The van der Waals surface area contributed by atoms with Gasteiger partial charge in [0, 0.05) is 31.9 Å². The van der Waals surface area contributed by atoms with Crippen LogP contribution in [-0.4, -0.2) is 70.3 Å². The Morgan fingerprint density at radius 3 is 2.66 bits per heavy atom. The smallest absolute Gasteiger partial charge is 0.278 e. The molecule has 1 aromatic carbocycles. The highest BCUT2D eigenvalue weighted by atomic mass is 35.5. The number of aromatic hydroxyl groups is 1. The van der Waals surface area contributed by atoms with Crippen molar-refractivity contribution in [3.05, 3.63) is 58.1 Å². The number of carbonyl (C=O) groups excluding carboxylic acids is 2. The van der Waals surface area contributed by atoms with Crippen LogP contribution in [0, 0.1) is 5.82 Å². The molecule has 2 fully saturated rings. The number of fused-ring (bicyclic) bond motifs is 5. The van der Waals surface area contributed by atoms with E-state index in [1.807, 2.05) is 0 Å². The molecule has 0 radical (unpaired) electrons. The molecule has 6 rings (SSSR count). The number of hydrogen-bond acceptors (Lipinski definition) is 6. The van der Waals surface area contributed by atoms with Crippen molar-refractivity contribution in [2.75, 3.05) is 36.5 Å². The fourth-order valence-corrected chi connectivity index (χ4v) is 5.69. The summed E-state index contributed by atoms with van der Waals surface area (Å²) in [6.45, 7) is 4.10. The van der Waals surface area contributed by atoms with Gasteiger partial charge in [-0.05, 0) is 24.3 Å². The SMILES string of the molecule is C=CC(=O)N1CCN2c3c(c(=O)n([C@@H]4C[C@@H]4F)c4nc(-c5c(O)cccc5F)c(Cl)cc34)N(C)C(=O)[C@H]2C1. The molecule has 12 heteroatoms. The molecule has 38 heavy (non-hydrogen) atoms. The normalized spacial score (nSPS) is 22.4. The van der Waals surface area contributed by atoms with Crippen LogP contribution in [0.2, 0.25) is 5.02 Å². The van der Waals surface area contributed by atoms with E-state index in [1.165, 1.54) is 45.7 Å². The van der Waals surface area contributed by atoms with Crippen LogP contribution in [0.5, 0.6) is 5.75 Å². The van der Waals surface area contributed by atoms with E-state index < -0.39 is 35.4 Å². The van der Waals surface area contributed by atoms with Gasteiger partial charge in [0.1, 0.15) is 35.1 Å². The van der Waals surface area contributed by atoms with Gasteiger partial charge in [0.05, 0.1) is 34.6 Å². The van der Waals surface area contributed by atoms with Crippen molar-refractivity contribution < 1.29 is 23.5 Å². The molecule has 4 heterocycles. The molecule has 1 saturated carbocycles. The maximum absolute atomic E-state index is 14.8. The van der Waals surface area contributed by atoms with Crippen molar-refractivity contribution in [3.8, 4) is 17.0 Å². The number of likely N-dealkylation sites (N-methyl/N-ethyl adjacent to an activating group) is 1. The van der Waals surface area contributed by atoms with Crippen LogP contribution < -0.4 is 15.4 Å². The third-order valence-corrected chi connectivity index (χ3v) is 7.72. The Bertz CT molecular complexity index is 1610. The molecular weight excluding hydrogens is 520 g/mol. The second-order valence-corrected chi connectivity index (χ2v) is 10.0. The third kappa shape index (κ3) is 3.41. The van der Waals surface area contributed by atoms with Crippen molar-refractivity contribution in [3.63, 3.8) is 0 Å². The fourth-order valence-electron chi connectivity index (χ4n) is 5.44. The van der Waals surface area contributed by atoms with Crippen molar-refractivity contribution >= 4 is 45.8 Å². The summed E-state index contributed by atoms with van der Waals surface area (Å²) in [5.41, 5.74) is -0.459. The minimum atomic E-state index is -1.29. The molecule has 1 aliphatic carbocycles. The van der Waals surface area contributed by atoms with Gasteiger partial charge >= 0.3 is 0 Å². The minimum absolute atomic E-state index is 0.00512. The average Bonchev–Trinajstić information content (AvgIpc) is 3.61. The van der Waals surface area contributed by atoms with Gasteiger partial charge in [0.15, 0.2) is 0 Å². The van der Waals surface area contributed by atoms with Crippen LogP contribution >= 0.6 is 11.6 Å². The van der Waals surface area contributed by atoms with Crippen LogP contribution in [0.4, 0.5) is 20.2 Å². The Labute approximate surface area is 220 Å². The first-order valence-corrected chi connectivity index (χ1v) is 12.4. The Hall–Kier alpha value is -3.99.